The number of hydrogen-bond donors (Lipinski definition) is 1. The minimum atomic E-state index is -0.370. The maximum absolute atomic E-state index is 10.7. The number of rotatable bonds is 1. The van der Waals surface area contributed by atoms with Gasteiger partial charge in [-0.25, -0.2) is 4.79 Å². The summed E-state index contributed by atoms with van der Waals surface area (Å²) in [7, 11) is 0. The molecule has 1 saturated heterocycles. The van der Waals surface area contributed by atoms with E-state index in [1.807, 2.05) is 18.2 Å². The summed E-state index contributed by atoms with van der Waals surface area (Å²) in [6, 6.07) is 7.31. The number of carbonyl (C=O) groups excluding carboxylic acids is 1. The summed E-state index contributed by atoms with van der Waals surface area (Å²) < 4.78 is 4.77. The van der Waals surface area contributed by atoms with Gasteiger partial charge in [0.25, 0.3) is 0 Å². The van der Waals surface area contributed by atoms with Gasteiger partial charge in [-0.05, 0) is 17.7 Å². The van der Waals surface area contributed by atoms with Crippen LogP contribution in [0.1, 0.15) is 11.6 Å². The quantitative estimate of drug-likeness (QED) is 0.749. The van der Waals surface area contributed by atoms with Crippen LogP contribution in [-0.4, -0.2) is 12.7 Å². The van der Waals surface area contributed by atoms with Gasteiger partial charge in [-0.1, -0.05) is 23.7 Å². The number of amides is 1. The summed E-state index contributed by atoms with van der Waals surface area (Å²) in [5.74, 6) is 0. The third kappa shape index (κ3) is 1.75. The SMILES string of the molecule is O=C1NC(c2cccc(Cl)c2)CO1. The number of ether oxygens (including phenoxy) is 1. The van der Waals surface area contributed by atoms with Gasteiger partial charge in [0.2, 0.25) is 0 Å². The summed E-state index contributed by atoms with van der Waals surface area (Å²) in [5.41, 5.74) is 0.971. The van der Waals surface area contributed by atoms with E-state index in [9.17, 15) is 4.79 Å². The van der Waals surface area contributed by atoms with Gasteiger partial charge in [-0.2, -0.15) is 0 Å². The third-order valence-corrected chi connectivity index (χ3v) is 2.16. The van der Waals surface area contributed by atoms with E-state index in [1.54, 1.807) is 6.07 Å². The molecule has 1 unspecified atom stereocenters. The van der Waals surface area contributed by atoms with E-state index in [-0.39, 0.29) is 12.1 Å². The molecule has 1 N–H and O–H groups in total. The van der Waals surface area contributed by atoms with Gasteiger partial charge >= 0.3 is 6.09 Å². The average Bonchev–Trinajstić information content (AvgIpc) is 2.52. The van der Waals surface area contributed by atoms with Crippen LogP contribution < -0.4 is 5.32 Å². The fraction of sp³-hybridized carbons (Fsp3) is 0.222. The van der Waals surface area contributed by atoms with Gasteiger partial charge in [0, 0.05) is 5.02 Å². The first-order valence-corrected chi connectivity index (χ1v) is 4.32. The molecule has 0 bridgehead atoms. The Bertz CT molecular complexity index is 340. The monoisotopic (exact) mass is 197 g/mol. The van der Waals surface area contributed by atoms with Crippen molar-refractivity contribution in [3.05, 3.63) is 34.9 Å². The molecule has 1 aliphatic rings. The number of hydrogen-bond acceptors (Lipinski definition) is 2. The van der Waals surface area contributed by atoms with Gasteiger partial charge in [-0.3, -0.25) is 0 Å². The summed E-state index contributed by atoms with van der Waals surface area (Å²) in [6.45, 7) is 0.374. The average molecular weight is 198 g/mol. The van der Waals surface area contributed by atoms with Gasteiger partial charge < -0.3 is 10.1 Å². The normalized spacial score (nSPS) is 21.0. The van der Waals surface area contributed by atoms with Gasteiger partial charge in [-0.15, -0.1) is 0 Å². The van der Waals surface area contributed by atoms with E-state index in [0.29, 0.717) is 11.6 Å². The van der Waals surface area contributed by atoms with Crippen molar-refractivity contribution in [2.45, 2.75) is 6.04 Å². The molecule has 68 valence electrons. The number of nitrogens with one attached hydrogen (secondary N) is 1. The minimum absolute atomic E-state index is 0.0637. The van der Waals surface area contributed by atoms with Gasteiger partial charge in [0.15, 0.2) is 0 Å². The highest BCUT2D eigenvalue weighted by molar-refractivity contribution is 6.30. The first-order chi connectivity index (χ1) is 6.25. The molecule has 1 aromatic rings. The number of benzene rings is 1. The number of alkyl carbamates (subject to hydrolysis) is 1. The zero-order valence-corrected chi connectivity index (χ0v) is 7.54. The van der Waals surface area contributed by atoms with E-state index in [2.05, 4.69) is 5.32 Å². The molecule has 13 heavy (non-hydrogen) atoms. The molecule has 1 fully saturated rings. The highest BCUT2D eigenvalue weighted by atomic mass is 35.5. The Labute approximate surface area is 80.6 Å². The molecule has 3 nitrogen and oxygen atoms in total. The van der Waals surface area contributed by atoms with Crippen LogP contribution >= 0.6 is 11.6 Å². The van der Waals surface area contributed by atoms with Gasteiger partial charge in [0.05, 0.1) is 6.04 Å². The Hall–Kier alpha value is -1.22. The van der Waals surface area contributed by atoms with E-state index < -0.39 is 0 Å². The molecule has 0 aromatic heterocycles. The Kier molecular flexibility index (Phi) is 2.10. The standard InChI is InChI=1S/C9H8ClNO2/c10-7-3-1-2-6(4-7)8-5-13-9(12)11-8/h1-4,8H,5H2,(H,11,12). The maximum Gasteiger partial charge on any atom is 0.407 e. The second-order valence-corrected chi connectivity index (χ2v) is 3.29. The van der Waals surface area contributed by atoms with Gasteiger partial charge in [0.1, 0.15) is 6.61 Å². The smallest absolute Gasteiger partial charge is 0.407 e. The third-order valence-electron chi connectivity index (χ3n) is 1.92. The van der Waals surface area contributed by atoms with Crippen molar-refractivity contribution < 1.29 is 9.53 Å². The zero-order chi connectivity index (χ0) is 9.26. The lowest BCUT2D eigenvalue weighted by atomic mass is 10.1. The lowest BCUT2D eigenvalue weighted by Gasteiger charge is -2.06. The van der Waals surface area contributed by atoms with Crippen LogP contribution in [-0.2, 0) is 4.74 Å². The molecule has 4 heteroatoms. The van der Waals surface area contributed by atoms with Crippen molar-refractivity contribution in [3.63, 3.8) is 0 Å². The molecule has 0 saturated carbocycles. The molecule has 1 amide bonds. The molecule has 0 spiro atoms. The molecular weight excluding hydrogens is 190 g/mol. The van der Waals surface area contributed by atoms with Crippen molar-refractivity contribution in [1.82, 2.24) is 5.32 Å². The van der Waals surface area contributed by atoms with Crippen LogP contribution in [0.25, 0.3) is 0 Å². The van der Waals surface area contributed by atoms with Crippen LogP contribution in [0.4, 0.5) is 4.79 Å². The van der Waals surface area contributed by atoms with Crippen molar-refractivity contribution in [2.75, 3.05) is 6.61 Å². The fourth-order valence-electron chi connectivity index (χ4n) is 1.29. The topological polar surface area (TPSA) is 38.3 Å². The van der Waals surface area contributed by atoms with Crippen molar-refractivity contribution >= 4 is 17.7 Å². The Morgan fingerprint density at radius 1 is 1.54 bits per heavy atom. The van der Waals surface area contributed by atoms with Crippen LogP contribution in [0, 0.1) is 0 Å². The van der Waals surface area contributed by atoms with Crippen LogP contribution in [0.5, 0.6) is 0 Å². The largest absolute Gasteiger partial charge is 0.447 e. The van der Waals surface area contributed by atoms with Crippen molar-refractivity contribution in [2.24, 2.45) is 0 Å². The molecule has 0 radical (unpaired) electrons. The number of carbonyl (C=O) groups is 1. The Morgan fingerprint density at radius 3 is 3.00 bits per heavy atom. The lowest BCUT2D eigenvalue weighted by Crippen LogP contribution is -2.18. The second-order valence-electron chi connectivity index (χ2n) is 2.85. The van der Waals surface area contributed by atoms with Crippen LogP contribution in [0.3, 0.4) is 0 Å². The maximum atomic E-state index is 10.7. The molecule has 1 aliphatic heterocycles. The molecule has 0 aliphatic carbocycles. The molecule has 2 rings (SSSR count). The summed E-state index contributed by atoms with van der Waals surface area (Å²) >= 11 is 5.81. The number of cyclic esters (lactones) is 1. The van der Waals surface area contributed by atoms with Crippen LogP contribution in [0.2, 0.25) is 5.02 Å². The van der Waals surface area contributed by atoms with E-state index in [1.165, 1.54) is 0 Å². The minimum Gasteiger partial charge on any atom is -0.447 e. The molecule has 1 atom stereocenters. The predicted molar refractivity (Wildman–Crippen MR) is 48.7 cm³/mol. The lowest BCUT2D eigenvalue weighted by molar-refractivity contribution is 0.177. The first kappa shape index (κ1) is 8.38. The highest BCUT2D eigenvalue weighted by Crippen LogP contribution is 2.20. The van der Waals surface area contributed by atoms with E-state index in [4.69, 9.17) is 16.3 Å². The van der Waals surface area contributed by atoms with Crippen LogP contribution in [0.15, 0.2) is 24.3 Å². The Balaban J connectivity index is 2.21. The molecule has 1 heterocycles. The Morgan fingerprint density at radius 2 is 2.38 bits per heavy atom. The van der Waals surface area contributed by atoms with E-state index >= 15 is 0 Å². The molecular formula is C9H8ClNO2. The second kappa shape index (κ2) is 3.26. The summed E-state index contributed by atoms with van der Waals surface area (Å²) in [5, 5.41) is 3.34. The zero-order valence-electron chi connectivity index (χ0n) is 6.79. The summed E-state index contributed by atoms with van der Waals surface area (Å²) in [4.78, 5) is 10.7. The fourth-order valence-corrected chi connectivity index (χ4v) is 1.49. The van der Waals surface area contributed by atoms with E-state index in [0.717, 1.165) is 5.56 Å². The van der Waals surface area contributed by atoms with Crippen molar-refractivity contribution in [1.29, 1.82) is 0 Å². The first-order valence-electron chi connectivity index (χ1n) is 3.94. The highest BCUT2D eigenvalue weighted by Gasteiger charge is 2.23. The molecule has 1 aromatic carbocycles. The predicted octanol–water partition coefficient (Wildman–Crippen LogP) is 2.12. The summed E-state index contributed by atoms with van der Waals surface area (Å²) in [6.07, 6.45) is -0.370. The van der Waals surface area contributed by atoms with Crippen molar-refractivity contribution in [3.8, 4) is 0 Å². The number of halogens is 1.